The summed E-state index contributed by atoms with van der Waals surface area (Å²) in [5.41, 5.74) is 1.12. The van der Waals surface area contributed by atoms with Crippen LogP contribution in [0.25, 0.3) is 0 Å². The molecule has 1 fully saturated rings. The number of benzene rings is 2. The maximum atomic E-state index is 6.50. The summed E-state index contributed by atoms with van der Waals surface area (Å²) in [6.45, 7) is 8.11. The Balaban J connectivity index is 2.05. The van der Waals surface area contributed by atoms with Crippen LogP contribution in [0.15, 0.2) is 59.6 Å². The minimum Gasteiger partial charge on any atom is -0.459 e. The Hall–Kier alpha value is -2.17. The molecule has 1 N–H and O–H groups in total. The summed E-state index contributed by atoms with van der Waals surface area (Å²) in [4.78, 5) is 4.45. The monoisotopic (exact) mass is 324 g/mol. The lowest BCUT2D eigenvalue weighted by Gasteiger charge is -2.40. The molecule has 3 rings (SSSR count). The van der Waals surface area contributed by atoms with Crippen molar-refractivity contribution in [1.29, 1.82) is 0 Å². The Bertz CT molecular complexity index is 668. The van der Waals surface area contributed by atoms with Gasteiger partial charge in [0, 0.05) is 18.7 Å². The first-order valence-electron chi connectivity index (χ1n) is 8.43. The number of morpholine rings is 1. The van der Waals surface area contributed by atoms with Gasteiger partial charge in [-0.2, -0.15) is 0 Å². The zero-order valence-electron chi connectivity index (χ0n) is 14.1. The highest BCUT2D eigenvalue weighted by Crippen LogP contribution is 2.36. The molecule has 126 valence electrons. The fraction of sp³-hybridized carbons (Fsp3) is 0.350. The van der Waals surface area contributed by atoms with E-state index in [-0.39, 0.29) is 6.10 Å². The number of para-hydroxylation sites is 1. The Morgan fingerprint density at radius 1 is 1.21 bits per heavy atom. The average Bonchev–Trinajstić information content (AvgIpc) is 2.68. The van der Waals surface area contributed by atoms with Crippen molar-refractivity contribution in [1.82, 2.24) is 5.32 Å². The van der Waals surface area contributed by atoms with E-state index in [0.717, 1.165) is 29.8 Å². The van der Waals surface area contributed by atoms with E-state index in [0.29, 0.717) is 13.2 Å². The highest BCUT2D eigenvalue weighted by atomic mass is 16.6. The number of rotatable bonds is 6. The second-order valence-electron chi connectivity index (χ2n) is 5.85. The van der Waals surface area contributed by atoms with E-state index in [1.807, 2.05) is 48.5 Å². The van der Waals surface area contributed by atoms with E-state index in [1.54, 1.807) is 0 Å². The number of nitrogens with one attached hydrogen (secondary N) is 1. The van der Waals surface area contributed by atoms with Gasteiger partial charge in [0.15, 0.2) is 0 Å². The molecule has 0 radical (unpaired) electrons. The Morgan fingerprint density at radius 2 is 1.96 bits per heavy atom. The summed E-state index contributed by atoms with van der Waals surface area (Å²) in [6.07, 6.45) is 0.651. The van der Waals surface area contributed by atoms with E-state index in [1.165, 1.54) is 0 Å². The molecule has 0 aliphatic carbocycles. The number of hydrogen-bond acceptors (Lipinski definition) is 4. The zero-order chi connectivity index (χ0) is 16.8. The molecule has 1 aliphatic rings. The van der Waals surface area contributed by atoms with Crippen LogP contribution in [0.1, 0.15) is 18.1 Å². The average molecular weight is 324 g/mol. The number of aryl methyl sites for hydroxylation is 1. The van der Waals surface area contributed by atoms with Crippen LogP contribution in [-0.2, 0) is 16.9 Å². The van der Waals surface area contributed by atoms with Gasteiger partial charge in [-0.25, -0.2) is 4.99 Å². The van der Waals surface area contributed by atoms with E-state index >= 15 is 0 Å². The van der Waals surface area contributed by atoms with Crippen molar-refractivity contribution in [3.8, 4) is 5.75 Å². The summed E-state index contributed by atoms with van der Waals surface area (Å²) >= 11 is 0. The minimum atomic E-state index is -0.972. The summed E-state index contributed by atoms with van der Waals surface area (Å²) in [6, 6.07) is 18.1. The molecular weight excluding hydrogens is 300 g/mol. The smallest absolute Gasteiger partial charge is 0.253 e. The van der Waals surface area contributed by atoms with Crippen molar-refractivity contribution in [3.63, 3.8) is 0 Å². The zero-order valence-corrected chi connectivity index (χ0v) is 14.1. The molecule has 24 heavy (non-hydrogen) atoms. The van der Waals surface area contributed by atoms with E-state index in [9.17, 15) is 0 Å². The third-order valence-corrected chi connectivity index (χ3v) is 4.41. The quantitative estimate of drug-likeness (QED) is 0.830. The third kappa shape index (κ3) is 3.21. The van der Waals surface area contributed by atoms with Crippen molar-refractivity contribution in [2.24, 2.45) is 4.99 Å². The van der Waals surface area contributed by atoms with Gasteiger partial charge in [0.25, 0.3) is 5.72 Å². The molecule has 0 bridgehead atoms. The molecule has 4 heteroatoms. The van der Waals surface area contributed by atoms with Crippen LogP contribution in [0, 0.1) is 0 Å². The molecule has 1 heterocycles. The summed E-state index contributed by atoms with van der Waals surface area (Å²) in [7, 11) is 0. The molecule has 2 atom stereocenters. The largest absolute Gasteiger partial charge is 0.459 e. The highest BCUT2D eigenvalue weighted by molar-refractivity contribution is 5.38. The highest BCUT2D eigenvalue weighted by Gasteiger charge is 2.44. The van der Waals surface area contributed by atoms with Crippen molar-refractivity contribution in [2.45, 2.75) is 25.2 Å². The predicted octanol–water partition coefficient (Wildman–Crippen LogP) is 3.17. The first kappa shape index (κ1) is 16.7. The van der Waals surface area contributed by atoms with Crippen molar-refractivity contribution in [3.05, 3.63) is 65.7 Å². The van der Waals surface area contributed by atoms with Crippen LogP contribution < -0.4 is 10.1 Å². The molecule has 0 aromatic heterocycles. The standard InChI is InChI=1S/C20H24N2O2/c1-3-16-9-7-8-12-18(16)24-20(21-2,17-10-5-4-6-11-17)19-15-22-13-14-23-19/h4-12,19,22H,2-3,13-15H2,1H3. The maximum absolute atomic E-state index is 6.50. The fourth-order valence-electron chi connectivity index (χ4n) is 3.09. The molecule has 2 aromatic carbocycles. The van der Waals surface area contributed by atoms with Gasteiger partial charge in [-0.05, 0) is 24.8 Å². The fourth-order valence-corrected chi connectivity index (χ4v) is 3.09. The van der Waals surface area contributed by atoms with Crippen LogP contribution >= 0.6 is 0 Å². The van der Waals surface area contributed by atoms with E-state index in [4.69, 9.17) is 9.47 Å². The van der Waals surface area contributed by atoms with Gasteiger partial charge in [0.2, 0.25) is 0 Å². The summed E-state index contributed by atoms with van der Waals surface area (Å²) < 4.78 is 12.5. The number of ether oxygens (including phenoxy) is 2. The molecule has 1 aliphatic heterocycles. The van der Waals surface area contributed by atoms with Crippen LogP contribution in [0.4, 0.5) is 0 Å². The van der Waals surface area contributed by atoms with Gasteiger partial charge in [0.1, 0.15) is 11.9 Å². The third-order valence-electron chi connectivity index (χ3n) is 4.41. The Labute approximate surface area is 143 Å². The van der Waals surface area contributed by atoms with Gasteiger partial charge in [-0.1, -0.05) is 55.5 Å². The normalized spacial score (nSPS) is 20.1. The van der Waals surface area contributed by atoms with Gasteiger partial charge < -0.3 is 14.8 Å². The lowest BCUT2D eigenvalue weighted by molar-refractivity contribution is -0.104. The lowest BCUT2D eigenvalue weighted by Crippen LogP contribution is -2.53. The number of aliphatic imine (C=N–C) groups is 1. The van der Waals surface area contributed by atoms with Gasteiger partial charge in [0.05, 0.1) is 6.61 Å². The molecule has 1 saturated heterocycles. The Kier molecular flexibility index (Phi) is 5.28. The van der Waals surface area contributed by atoms with Gasteiger partial charge in [-0.3, -0.25) is 0 Å². The molecular formula is C20H24N2O2. The van der Waals surface area contributed by atoms with Crippen molar-refractivity contribution >= 4 is 6.72 Å². The molecule has 0 spiro atoms. The number of nitrogens with zero attached hydrogens (tertiary/aromatic N) is 1. The van der Waals surface area contributed by atoms with E-state index in [2.05, 4.69) is 30.0 Å². The first-order valence-corrected chi connectivity index (χ1v) is 8.43. The van der Waals surface area contributed by atoms with Crippen molar-refractivity contribution < 1.29 is 9.47 Å². The molecule has 0 saturated carbocycles. The number of hydrogen-bond donors (Lipinski definition) is 1. The Morgan fingerprint density at radius 3 is 2.62 bits per heavy atom. The second kappa shape index (κ2) is 7.60. The predicted molar refractivity (Wildman–Crippen MR) is 96.7 cm³/mol. The maximum Gasteiger partial charge on any atom is 0.253 e. The summed E-state index contributed by atoms with van der Waals surface area (Å²) in [5.74, 6) is 0.824. The van der Waals surface area contributed by atoms with Crippen molar-refractivity contribution in [2.75, 3.05) is 19.7 Å². The lowest BCUT2D eigenvalue weighted by atomic mass is 9.95. The van der Waals surface area contributed by atoms with Gasteiger partial charge >= 0.3 is 0 Å². The second-order valence-corrected chi connectivity index (χ2v) is 5.85. The van der Waals surface area contributed by atoms with Crippen LogP contribution in [-0.4, -0.2) is 32.5 Å². The summed E-state index contributed by atoms with van der Waals surface area (Å²) in [5, 5.41) is 3.37. The molecule has 2 unspecified atom stereocenters. The van der Waals surface area contributed by atoms with Crippen LogP contribution in [0.2, 0.25) is 0 Å². The topological polar surface area (TPSA) is 42.8 Å². The SMILES string of the molecule is C=NC(Oc1ccccc1CC)(c1ccccc1)C1CNCCO1. The van der Waals surface area contributed by atoms with Crippen LogP contribution in [0.3, 0.4) is 0 Å². The molecule has 2 aromatic rings. The first-order chi connectivity index (χ1) is 11.8. The van der Waals surface area contributed by atoms with Gasteiger partial charge in [-0.15, -0.1) is 0 Å². The molecule has 0 amide bonds. The molecule has 4 nitrogen and oxygen atoms in total. The minimum absolute atomic E-state index is 0.240. The van der Waals surface area contributed by atoms with E-state index < -0.39 is 5.72 Å². The van der Waals surface area contributed by atoms with Crippen LogP contribution in [0.5, 0.6) is 5.75 Å².